The molecule has 1 amide bonds. The topological polar surface area (TPSA) is 73.0 Å². The molecule has 0 aliphatic rings. The predicted octanol–water partition coefficient (Wildman–Crippen LogP) is 4.24. The zero-order valence-corrected chi connectivity index (χ0v) is 14.9. The van der Waals surface area contributed by atoms with Gasteiger partial charge in [-0.3, -0.25) is 4.79 Å². The monoisotopic (exact) mass is 376 g/mol. The number of aromatic nitrogens is 3. The van der Waals surface area contributed by atoms with Gasteiger partial charge in [0, 0.05) is 24.1 Å². The lowest BCUT2D eigenvalue weighted by Gasteiger charge is -2.07. The first-order chi connectivity index (χ1) is 13.7. The maximum absolute atomic E-state index is 14.2. The molecule has 0 bridgehead atoms. The van der Waals surface area contributed by atoms with Gasteiger partial charge in [-0.15, -0.1) is 0 Å². The quantitative estimate of drug-likeness (QED) is 0.546. The number of amides is 1. The number of hydrogen-bond donors (Lipinski definition) is 1. The van der Waals surface area contributed by atoms with Gasteiger partial charge in [0.05, 0.1) is 0 Å². The Morgan fingerprint density at radius 2 is 1.96 bits per heavy atom. The minimum absolute atomic E-state index is 0.217. The lowest BCUT2D eigenvalue weighted by Crippen LogP contribution is -2.12. The molecule has 2 aromatic heterocycles. The van der Waals surface area contributed by atoms with E-state index < -0.39 is 5.82 Å². The Kier molecular flexibility index (Phi) is 4.97. The van der Waals surface area contributed by atoms with E-state index >= 15 is 0 Å². The van der Waals surface area contributed by atoms with Crippen molar-refractivity contribution in [3.05, 3.63) is 84.9 Å². The van der Waals surface area contributed by atoms with Gasteiger partial charge in [0.1, 0.15) is 29.9 Å². The Morgan fingerprint density at radius 1 is 1.11 bits per heavy atom. The van der Waals surface area contributed by atoms with E-state index in [1.165, 1.54) is 29.5 Å². The second-order valence-electron chi connectivity index (χ2n) is 6.19. The molecule has 0 aliphatic heterocycles. The van der Waals surface area contributed by atoms with Crippen molar-refractivity contribution in [1.82, 2.24) is 14.8 Å². The maximum Gasteiger partial charge on any atom is 0.224 e. The number of hydrogen-bond acceptors (Lipinski definition) is 4. The standard InChI is InChI=1S/C21H17FN4O2/c22-18-12-16(6-9-19(18)26-14-23-13-24-26)25-21(27)11-8-17-7-10-20(28-17)15-4-2-1-3-5-15/h1-7,9-10,12-14H,8,11H2,(H,25,27). The summed E-state index contributed by atoms with van der Waals surface area (Å²) >= 11 is 0. The molecule has 0 fully saturated rings. The first-order valence-electron chi connectivity index (χ1n) is 8.77. The van der Waals surface area contributed by atoms with Crippen molar-refractivity contribution < 1.29 is 13.6 Å². The summed E-state index contributed by atoms with van der Waals surface area (Å²) in [5, 5.41) is 6.59. The predicted molar refractivity (Wildman–Crippen MR) is 102 cm³/mol. The van der Waals surface area contributed by atoms with E-state index in [-0.39, 0.29) is 18.0 Å². The van der Waals surface area contributed by atoms with Crippen molar-refractivity contribution in [3.8, 4) is 17.0 Å². The molecule has 140 valence electrons. The third-order valence-electron chi connectivity index (χ3n) is 4.22. The van der Waals surface area contributed by atoms with Gasteiger partial charge in [0.2, 0.25) is 5.91 Å². The summed E-state index contributed by atoms with van der Waals surface area (Å²) in [6.45, 7) is 0. The third kappa shape index (κ3) is 3.98. The van der Waals surface area contributed by atoms with Crippen LogP contribution >= 0.6 is 0 Å². The summed E-state index contributed by atoms with van der Waals surface area (Å²) in [6.07, 6.45) is 3.42. The van der Waals surface area contributed by atoms with E-state index in [9.17, 15) is 9.18 Å². The highest BCUT2D eigenvalue weighted by molar-refractivity contribution is 5.90. The SMILES string of the molecule is O=C(CCc1ccc(-c2ccccc2)o1)Nc1ccc(-n2cncn2)c(F)c1. The van der Waals surface area contributed by atoms with Crippen molar-refractivity contribution >= 4 is 11.6 Å². The highest BCUT2D eigenvalue weighted by atomic mass is 19.1. The van der Waals surface area contributed by atoms with Crippen molar-refractivity contribution in [2.45, 2.75) is 12.8 Å². The lowest BCUT2D eigenvalue weighted by molar-refractivity contribution is -0.116. The molecule has 0 aliphatic carbocycles. The van der Waals surface area contributed by atoms with Crippen LogP contribution in [0.4, 0.5) is 10.1 Å². The maximum atomic E-state index is 14.2. The van der Waals surface area contributed by atoms with Crippen LogP contribution < -0.4 is 5.32 Å². The molecule has 0 radical (unpaired) electrons. The lowest BCUT2D eigenvalue weighted by atomic mass is 10.2. The van der Waals surface area contributed by atoms with Crippen molar-refractivity contribution in [2.24, 2.45) is 0 Å². The van der Waals surface area contributed by atoms with Gasteiger partial charge in [-0.05, 0) is 30.3 Å². The number of halogens is 1. The molecular formula is C21H17FN4O2. The molecule has 2 heterocycles. The summed E-state index contributed by atoms with van der Waals surface area (Å²) in [4.78, 5) is 16.0. The first-order valence-corrected chi connectivity index (χ1v) is 8.77. The summed E-state index contributed by atoms with van der Waals surface area (Å²) in [7, 11) is 0. The molecule has 28 heavy (non-hydrogen) atoms. The Hall–Kier alpha value is -3.74. The van der Waals surface area contributed by atoms with E-state index in [1.54, 1.807) is 6.07 Å². The Bertz CT molecular complexity index is 1080. The largest absolute Gasteiger partial charge is 0.461 e. The molecule has 7 heteroatoms. The highest BCUT2D eigenvalue weighted by Gasteiger charge is 2.10. The number of anilines is 1. The fourth-order valence-corrected chi connectivity index (χ4v) is 2.83. The summed E-state index contributed by atoms with van der Waals surface area (Å²) in [5.74, 6) is 0.774. The summed E-state index contributed by atoms with van der Waals surface area (Å²) in [5.41, 5.74) is 1.64. The highest BCUT2D eigenvalue weighted by Crippen LogP contribution is 2.23. The molecule has 6 nitrogen and oxygen atoms in total. The van der Waals surface area contributed by atoms with Gasteiger partial charge in [-0.25, -0.2) is 14.1 Å². The van der Waals surface area contributed by atoms with E-state index in [4.69, 9.17) is 4.42 Å². The number of carbonyl (C=O) groups is 1. The molecule has 4 rings (SSSR count). The second-order valence-corrected chi connectivity index (χ2v) is 6.19. The van der Waals surface area contributed by atoms with Crippen molar-refractivity contribution in [3.63, 3.8) is 0 Å². The molecule has 0 saturated heterocycles. The average molecular weight is 376 g/mol. The number of nitrogens with zero attached hydrogens (tertiary/aromatic N) is 3. The van der Waals surface area contributed by atoms with Crippen LogP contribution in [0.5, 0.6) is 0 Å². The van der Waals surface area contributed by atoms with Gasteiger partial charge in [0.15, 0.2) is 5.82 Å². The summed E-state index contributed by atoms with van der Waals surface area (Å²) < 4.78 is 21.3. The summed E-state index contributed by atoms with van der Waals surface area (Å²) in [6, 6.07) is 17.9. The van der Waals surface area contributed by atoms with Crippen LogP contribution in [0.15, 0.2) is 77.7 Å². The van der Waals surface area contributed by atoms with Gasteiger partial charge in [-0.1, -0.05) is 30.3 Å². The van der Waals surface area contributed by atoms with Crippen LogP contribution in [0.25, 0.3) is 17.0 Å². The number of carbonyl (C=O) groups excluding carboxylic acids is 1. The van der Waals surface area contributed by atoms with Crippen LogP contribution in [0.3, 0.4) is 0 Å². The van der Waals surface area contributed by atoms with E-state index in [0.29, 0.717) is 12.1 Å². The van der Waals surface area contributed by atoms with Crippen LogP contribution in [0, 0.1) is 5.82 Å². The fourth-order valence-electron chi connectivity index (χ4n) is 2.83. The number of aryl methyl sites for hydroxylation is 1. The van der Waals surface area contributed by atoms with Crippen LogP contribution in [-0.4, -0.2) is 20.7 Å². The number of furan rings is 1. The molecule has 1 N–H and O–H groups in total. The fraction of sp³-hybridized carbons (Fsp3) is 0.0952. The minimum Gasteiger partial charge on any atom is -0.461 e. The zero-order valence-electron chi connectivity index (χ0n) is 14.9. The normalized spacial score (nSPS) is 10.8. The third-order valence-corrected chi connectivity index (χ3v) is 4.22. The van der Waals surface area contributed by atoms with Crippen LogP contribution in [0.1, 0.15) is 12.2 Å². The van der Waals surface area contributed by atoms with E-state index in [2.05, 4.69) is 15.4 Å². The van der Waals surface area contributed by atoms with E-state index in [1.807, 2.05) is 42.5 Å². The number of nitrogens with one attached hydrogen (secondary N) is 1. The smallest absolute Gasteiger partial charge is 0.224 e. The van der Waals surface area contributed by atoms with Gasteiger partial charge in [0.25, 0.3) is 0 Å². The first kappa shape index (κ1) is 17.7. The van der Waals surface area contributed by atoms with Crippen molar-refractivity contribution in [1.29, 1.82) is 0 Å². The van der Waals surface area contributed by atoms with Crippen LogP contribution in [-0.2, 0) is 11.2 Å². The second kappa shape index (κ2) is 7.87. The average Bonchev–Trinajstić information content (AvgIpc) is 3.39. The molecular weight excluding hydrogens is 359 g/mol. The number of rotatable bonds is 6. The molecule has 0 saturated carbocycles. The minimum atomic E-state index is -0.498. The Balaban J connectivity index is 1.35. The molecule has 4 aromatic rings. The molecule has 0 unspecified atom stereocenters. The van der Waals surface area contributed by atoms with Gasteiger partial charge >= 0.3 is 0 Å². The van der Waals surface area contributed by atoms with Gasteiger partial charge in [-0.2, -0.15) is 5.10 Å². The van der Waals surface area contributed by atoms with Crippen molar-refractivity contribution in [2.75, 3.05) is 5.32 Å². The Morgan fingerprint density at radius 3 is 2.71 bits per heavy atom. The van der Waals surface area contributed by atoms with Crippen LogP contribution in [0.2, 0.25) is 0 Å². The van der Waals surface area contributed by atoms with Gasteiger partial charge < -0.3 is 9.73 Å². The Labute approximate surface area is 160 Å². The van der Waals surface area contributed by atoms with E-state index in [0.717, 1.165) is 17.1 Å². The molecule has 0 atom stereocenters. The zero-order chi connectivity index (χ0) is 19.3. The molecule has 2 aromatic carbocycles. The molecule has 0 spiro atoms. The number of benzene rings is 2.